The van der Waals surface area contributed by atoms with Gasteiger partial charge >= 0.3 is 0 Å². The standard InChI is InChI=1S/C11H9BrNO/c1-2-13-10(7-14)6-8-5-9(12)3-4-11(8)13/h3-6H,2H2,1H3. The minimum Gasteiger partial charge on any atom is -0.338 e. The summed E-state index contributed by atoms with van der Waals surface area (Å²) in [5, 5.41) is 1.07. The van der Waals surface area contributed by atoms with Crippen LogP contribution in [0.3, 0.4) is 0 Å². The third-order valence-electron chi connectivity index (χ3n) is 2.28. The van der Waals surface area contributed by atoms with Crippen molar-refractivity contribution in [3.63, 3.8) is 0 Å². The number of nitrogens with zero attached hydrogens (tertiary/aromatic N) is 1. The Hall–Kier alpha value is -1.09. The third kappa shape index (κ3) is 1.38. The Bertz CT molecular complexity index is 487. The van der Waals surface area contributed by atoms with Crippen molar-refractivity contribution < 1.29 is 4.79 Å². The van der Waals surface area contributed by atoms with E-state index in [-0.39, 0.29) is 0 Å². The van der Waals surface area contributed by atoms with Crippen molar-refractivity contribution >= 4 is 33.1 Å². The van der Waals surface area contributed by atoms with E-state index in [0.29, 0.717) is 5.69 Å². The highest BCUT2D eigenvalue weighted by Crippen LogP contribution is 2.22. The number of benzene rings is 1. The van der Waals surface area contributed by atoms with Crippen LogP contribution >= 0.6 is 15.9 Å². The number of hydrogen-bond acceptors (Lipinski definition) is 1. The molecule has 0 saturated carbocycles. The zero-order chi connectivity index (χ0) is 10.1. The molecule has 0 aliphatic rings. The van der Waals surface area contributed by atoms with Crippen molar-refractivity contribution in [1.29, 1.82) is 0 Å². The zero-order valence-corrected chi connectivity index (χ0v) is 9.34. The molecule has 2 aromatic rings. The molecule has 0 aliphatic carbocycles. The molecular weight excluding hydrogens is 242 g/mol. The van der Waals surface area contributed by atoms with Crippen LogP contribution in [0.2, 0.25) is 0 Å². The Balaban J connectivity index is 2.79. The van der Waals surface area contributed by atoms with Crippen LogP contribution in [0.25, 0.3) is 10.9 Å². The summed E-state index contributed by atoms with van der Waals surface area (Å²) < 4.78 is 2.98. The predicted octanol–water partition coefficient (Wildman–Crippen LogP) is 2.88. The first-order valence-corrected chi connectivity index (χ1v) is 5.22. The Kier molecular flexibility index (Phi) is 2.42. The third-order valence-corrected chi connectivity index (χ3v) is 2.78. The lowest BCUT2D eigenvalue weighted by Gasteiger charge is -2.01. The van der Waals surface area contributed by atoms with Crippen molar-refractivity contribution in [1.82, 2.24) is 4.57 Å². The number of fused-ring (bicyclic) bond motifs is 1. The number of aromatic nitrogens is 1. The van der Waals surface area contributed by atoms with Crippen LogP contribution < -0.4 is 0 Å². The first kappa shape index (κ1) is 9.46. The molecule has 0 atom stereocenters. The second-order valence-corrected chi connectivity index (χ2v) is 3.99. The van der Waals surface area contributed by atoms with Gasteiger partial charge in [0.2, 0.25) is 0 Å². The molecule has 3 heteroatoms. The number of hydrogen-bond donors (Lipinski definition) is 0. The molecule has 0 N–H and O–H groups in total. The van der Waals surface area contributed by atoms with Gasteiger partial charge in [0.05, 0.1) is 5.69 Å². The summed E-state index contributed by atoms with van der Waals surface area (Å²) in [5.41, 5.74) is 1.69. The smallest absolute Gasteiger partial charge is 0.251 e. The minimum atomic E-state index is 0.612. The van der Waals surface area contributed by atoms with Crippen LogP contribution in [0.5, 0.6) is 0 Å². The molecule has 2 nitrogen and oxygen atoms in total. The highest BCUT2D eigenvalue weighted by atomic mass is 79.9. The lowest BCUT2D eigenvalue weighted by Crippen LogP contribution is -1.98. The molecule has 0 fully saturated rings. The summed E-state index contributed by atoms with van der Waals surface area (Å²) in [7, 11) is 0. The average Bonchev–Trinajstić information content (AvgIpc) is 2.54. The van der Waals surface area contributed by atoms with Crippen LogP contribution in [0.1, 0.15) is 12.6 Å². The molecule has 0 amide bonds. The predicted molar refractivity (Wildman–Crippen MR) is 60.1 cm³/mol. The molecular formula is C11H9BrNO. The maximum Gasteiger partial charge on any atom is 0.251 e. The van der Waals surface area contributed by atoms with E-state index in [1.54, 1.807) is 0 Å². The Morgan fingerprint density at radius 2 is 2.21 bits per heavy atom. The maximum atomic E-state index is 10.7. The second kappa shape index (κ2) is 3.58. The van der Waals surface area contributed by atoms with Crippen LogP contribution in [-0.4, -0.2) is 10.9 Å². The summed E-state index contributed by atoms with van der Waals surface area (Å²) in [6.07, 6.45) is 1.95. The van der Waals surface area contributed by atoms with Gasteiger partial charge in [0.15, 0.2) is 0 Å². The Morgan fingerprint density at radius 3 is 2.86 bits per heavy atom. The van der Waals surface area contributed by atoms with Crippen molar-refractivity contribution in [3.8, 4) is 0 Å². The molecule has 0 spiro atoms. The van der Waals surface area contributed by atoms with Crippen LogP contribution in [0, 0.1) is 0 Å². The van der Waals surface area contributed by atoms with Gasteiger partial charge in [-0.2, -0.15) is 0 Å². The summed E-state index contributed by atoms with van der Waals surface area (Å²) in [5.74, 6) is 0. The SMILES string of the molecule is CCn1c([C]=O)cc2cc(Br)ccc21. The molecule has 0 aliphatic heterocycles. The lowest BCUT2D eigenvalue weighted by molar-refractivity contribution is 0.558. The molecule has 2 rings (SSSR count). The fourth-order valence-electron chi connectivity index (χ4n) is 1.67. The van der Waals surface area contributed by atoms with Gasteiger partial charge in [-0.1, -0.05) is 15.9 Å². The highest BCUT2D eigenvalue weighted by molar-refractivity contribution is 9.10. The molecule has 1 aromatic carbocycles. The van der Waals surface area contributed by atoms with Crippen molar-refractivity contribution in [2.45, 2.75) is 13.5 Å². The van der Waals surface area contributed by atoms with Crippen molar-refractivity contribution in [2.24, 2.45) is 0 Å². The van der Waals surface area contributed by atoms with Crippen LogP contribution in [0.15, 0.2) is 28.7 Å². The molecule has 1 radical (unpaired) electrons. The van der Waals surface area contributed by atoms with Gasteiger partial charge in [0.1, 0.15) is 0 Å². The van der Waals surface area contributed by atoms with E-state index in [4.69, 9.17) is 0 Å². The normalized spacial score (nSPS) is 10.7. The minimum absolute atomic E-state index is 0.612. The monoisotopic (exact) mass is 250 g/mol. The average molecular weight is 251 g/mol. The summed E-state index contributed by atoms with van der Waals surface area (Å²) >= 11 is 3.40. The topological polar surface area (TPSA) is 22.0 Å². The van der Waals surface area contributed by atoms with E-state index in [1.807, 2.05) is 42.0 Å². The lowest BCUT2D eigenvalue weighted by atomic mass is 10.2. The largest absolute Gasteiger partial charge is 0.338 e. The van der Waals surface area contributed by atoms with Gasteiger partial charge in [-0.15, -0.1) is 0 Å². The summed E-state index contributed by atoms with van der Waals surface area (Å²) in [6.45, 7) is 2.80. The first-order chi connectivity index (χ1) is 6.76. The van der Waals surface area contributed by atoms with Crippen LogP contribution in [-0.2, 0) is 11.3 Å². The van der Waals surface area contributed by atoms with E-state index >= 15 is 0 Å². The molecule has 0 saturated heterocycles. The Labute approximate surface area is 90.7 Å². The van der Waals surface area contributed by atoms with Gasteiger partial charge < -0.3 is 4.57 Å². The quantitative estimate of drug-likeness (QED) is 0.804. The number of rotatable bonds is 2. The molecule has 0 unspecified atom stereocenters. The molecule has 14 heavy (non-hydrogen) atoms. The fraction of sp³-hybridized carbons (Fsp3) is 0.182. The number of halogens is 1. The van der Waals surface area contributed by atoms with E-state index in [9.17, 15) is 4.79 Å². The van der Waals surface area contributed by atoms with Gasteiger partial charge in [-0.3, -0.25) is 4.79 Å². The van der Waals surface area contributed by atoms with Crippen LogP contribution in [0.4, 0.5) is 0 Å². The Morgan fingerprint density at radius 1 is 1.43 bits per heavy atom. The van der Waals surface area contributed by atoms with Gasteiger partial charge in [-0.25, -0.2) is 0 Å². The summed E-state index contributed by atoms with van der Waals surface area (Å²) in [4.78, 5) is 10.7. The molecule has 1 aromatic heterocycles. The second-order valence-electron chi connectivity index (χ2n) is 3.08. The fourth-order valence-corrected chi connectivity index (χ4v) is 2.05. The van der Waals surface area contributed by atoms with E-state index in [0.717, 1.165) is 21.9 Å². The molecule has 0 bridgehead atoms. The number of aryl methyl sites for hydroxylation is 1. The van der Waals surface area contributed by atoms with Gasteiger partial charge in [0, 0.05) is 21.9 Å². The highest BCUT2D eigenvalue weighted by Gasteiger charge is 2.06. The zero-order valence-electron chi connectivity index (χ0n) is 7.75. The van der Waals surface area contributed by atoms with Gasteiger partial charge in [0.25, 0.3) is 6.29 Å². The van der Waals surface area contributed by atoms with Crippen molar-refractivity contribution in [3.05, 3.63) is 34.4 Å². The van der Waals surface area contributed by atoms with E-state index in [2.05, 4.69) is 15.9 Å². The van der Waals surface area contributed by atoms with E-state index in [1.165, 1.54) is 0 Å². The van der Waals surface area contributed by atoms with Gasteiger partial charge in [-0.05, 0) is 31.2 Å². The molecule has 71 valence electrons. The number of carbonyl (C=O) groups excluding carboxylic acids is 1. The van der Waals surface area contributed by atoms with E-state index < -0.39 is 0 Å². The summed E-state index contributed by atoms with van der Waals surface area (Å²) in [6, 6.07) is 7.84. The molecule has 1 heterocycles. The maximum absolute atomic E-state index is 10.7. The van der Waals surface area contributed by atoms with Crippen molar-refractivity contribution in [2.75, 3.05) is 0 Å². The first-order valence-electron chi connectivity index (χ1n) is 4.43.